The number of rotatable bonds is 6. The zero-order chi connectivity index (χ0) is 27.4. The predicted molar refractivity (Wildman–Crippen MR) is 133 cm³/mol. The fraction of sp³-hybridized carbons (Fsp3) is 0.391. The summed E-state index contributed by atoms with van der Waals surface area (Å²) in [4.78, 5) is 21.6. The van der Waals surface area contributed by atoms with Crippen molar-refractivity contribution in [3.8, 4) is 0 Å². The van der Waals surface area contributed by atoms with Crippen molar-refractivity contribution in [3.05, 3.63) is 71.5 Å². The van der Waals surface area contributed by atoms with Gasteiger partial charge in [-0.1, -0.05) is 30.3 Å². The third kappa shape index (κ3) is 15.6. The van der Waals surface area contributed by atoms with Crippen LogP contribution in [0.5, 0.6) is 0 Å². The van der Waals surface area contributed by atoms with Crippen molar-refractivity contribution < 1.29 is 49.9 Å². The minimum Gasteiger partial charge on any atom is -0.509 e. The topological polar surface area (TPSA) is 199 Å². The summed E-state index contributed by atoms with van der Waals surface area (Å²) in [6.07, 6.45) is -5.73. The summed E-state index contributed by atoms with van der Waals surface area (Å²) in [5.41, 5.74) is 2.33. The number of benzene rings is 2. The molecule has 0 heterocycles. The van der Waals surface area contributed by atoms with Gasteiger partial charge in [-0.05, 0) is 11.6 Å². The van der Waals surface area contributed by atoms with E-state index < -0.39 is 44.6 Å². The van der Waals surface area contributed by atoms with E-state index in [4.69, 9.17) is 29.5 Å². The Balaban J connectivity index is 0.000000605. The van der Waals surface area contributed by atoms with Gasteiger partial charge in [0.25, 0.3) is 0 Å². The van der Waals surface area contributed by atoms with Crippen LogP contribution in [-0.4, -0.2) is 104 Å². The zero-order valence-electron chi connectivity index (χ0n) is 20.2. The van der Waals surface area contributed by atoms with Gasteiger partial charge in [0.1, 0.15) is 30.2 Å². The smallest absolute Gasteiger partial charge is 0.466 e. The minimum absolute atomic E-state index is 0.301. The molecule has 192 valence electrons. The van der Waals surface area contributed by atoms with Gasteiger partial charge in [0.05, 0.1) is 6.61 Å². The molecule has 0 fully saturated rings. The summed E-state index contributed by atoms with van der Waals surface area (Å²) < 4.78 is 10.4. The number of hydrogen-bond acceptors (Lipinski definition) is 7. The van der Waals surface area contributed by atoms with Gasteiger partial charge in [-0.3, -0.25) is 0 Å². The Morgan fingerprint density at radius 3 is 1.77 bits per heavy atom. The second-order valence-corrected chi connectivity index (χ2v) is 11.0. The predicted octanol–water partition coefficient (Wildman–Crippen LogP) is -0.129. The maximum Gasteiger partial charge on any atom is 0.466 e. The molecule has 2 aromatic rings. The summed E-state index contributed by atoms with van der Waals surface area (Å²) >= 11 is 1.16. The number of aliphatic hydroxyl groups is 6. The quantitative estimate of drug-likeness (QED) is 0.139. The van der Waals surface area contributed by atoms with E-state index in [0.29, 0.717) is 11.0 Å². The molecule has 0 saturated carbocycles. The molecule has 9 N–H and O–H groups in total. The second kappa shape index (κ2) is 15.9. The van der Waals surface area contributed by atoms with Crippen molar-refractivity contribution in [1.82, 2.24) is 0 Å². The second-order valence-electron chi connectivity index (χ2n) is 8.79. The maximum atomic E-state index is 9.64. The molecule has 10 nitrogen and oxygen atoms in total. The first kappa shape index (κ1) is 33.9. The first-order valence-electron chi connectivity index (χ1n) is 10.6. The first-order chi connectivity index (χ1) is 16.0. The van der Waals surface area contributed by atoms with E-state index in [-0.39, 0.29) is 0 Å². The van der Waals surface area contributed by atoms with Crippen LogP contribution in [0.2, 0.25) is 0 Å². The molecule has 0 aromatic heterocycles. The van der Waals surface area contributed by atoms with Gasteiger partial charge < -0.3 is 45.3 Å². The summed E-state index contributed by atoms with van der Waals surface area (Å²) in [6, 6.07) is 17.5. The average Bonchev–Trinajstić information content (AvgIpc) is 2.76. The van der Waals surface area contributed by atoms with Gasteiger partial charge in [-0.2, -0.15) is 0 Å². The van der Waals surface area contributed by atoms with Crippen molar-refractivity contribution >= 4 is 44.6 Å². The SMILES string of the molecule is CC(C)(C)c1cc[c]([Na])cc1.O=P(O)(O)O.OCC(O)C(O)C(O)C(O)C(O)=Cc1ccccc1. The van der Waals surface area contributed by atoms with Crippen molar-refractivity contribution in [2.45, 2.75) is 50.6 Å². The fourth-order valence-corrected chi connectivity index (χ4v) is 2.89. The molecule has 0 bridgehead atoms. The molecule has 0 saturated heterocycles. The molecule has 0 radical (unpaired) electrons. The third-order valence-corrected chi connectivity index (χ3v) is 5.26. The molecule has 4 unspecified atom stereocenters. The van der Waals surface area contributed by atoms with Crippen LogP contribution >= 0.6 is 7.82 Å². The molecule has 0 amide bonds. The van der Waals surface area contributed by atoms with Gasteiger partial charge in [-0.25, -0.2) is 4.57 Å². The Labute approximate surface area is 222 Å². The van der Waals surface area contributed by atoms with Crippen LogP contribution in [-0.2, 0) is 9.98 Å². The van der Waals surface area contributed by atoms with E-state index in [1.165, 1.54) is 14.5 Å². The minimum atomic E-state index is -4.64. The van der Waals surface area contributed by atoms with Gasteiger partial charge >= 0.3 is 94.6 Å². The molecular formula is C23H34NaO10P. The molecule has 0 aliphatic rings. The van der Waals surface area contributed by atoms with Crippen LogP contribution in [0, 0.1) is 0 Å². The van der Waals surface area contributed by atoms with Gasteiger partial charge in [0.2, 0.25) is 0 Å². The van der Waals surface area contributed by atoms with Crippen LogP contribution in [0.3, 0.4) is 0 Å². The monoisotopic (exact) mass is 524 g/mol. The van der Waals surface area contributed by atoms with Crippen LogP contribution in [0.1, 0.15) is 31.9 Å². The van der Waals surface area contributed by atoms with Crippen LogP contribution in [0.15, 0.2) is 60.4 Å². The number of aliphatic hydroxyl groups excluding tert-OH is 6. The Bertz CT molecular complexity index is 917. The van der Waals surface area contributed by atoms with Crippen molar-refractivity contribution in [1.29, 1.82) is 0 Å². The van der Waals surface area contributed by atoms with Crippen molar-refractivity contribution in [2.24, 2.45) is 0 Å². The van der Waals surface area contributed by atoms with E-state index in [2.05, 4.69) is 45.0 Å². The summed E-state index contributed by atoms with van der Waals surface area (Å²) in [6.45, 7) is 5.97. The van der Waals surface area contributed by atoms with Crippen LogP contribution < -0.4 is 2.81 Å². The molecule has 4 atom stereocenters. The number of hydrogen-bond donors (Lipinski definition) is 9. The van der Waals surface area contributed by atoms with E-state index >= 15 is 0 Å². The molecule has 12 heteroatoms. The largest absolute Gasteiger partial charge is 0.509 e. The van der Waals surface area contributed by atoms with Gasteiger partial charge in [0, 0.05) is 0 Å². The number of phosphoric acid groups is 1. The molecular weight excluding hydrogens is 490 g/mol. The zero-order valence-corrected chi connectivity index (χ0v) is 23.1. The third-order valence-electron chi connectivity index (χ3n) is 4.59. The van der Waals surface area contributed by atoms with Gasteiger partial charge in [-0.15, -0.1) is 0 Å². The summed E-state index contributed by atoms with van der Waals surface area (Å²) in [7, 11) is -4.64. The average molecular weight is 524 g/mol. The van der Waals surface area contributed by atoms with Crippen molar-refractivity contribution in [2.75, 3.05) is 6.61 Å². The maximum absolute atomic E-state index is 9.64. The Hall–Kier alpha value is -1.11. The molecule has 0 spiro atoms. The molecule has 2 aromatic carbocycles. The van der Waals surface area contributed by atoms with Crippen LogP contribution in [0.4, 0.5) is 0 Å². The molecule has 35 heavy (non-hydrogen) atoms. The normalized spacial score (nSPS) is 15.5. The Morgan fingerprint density at radius 1 is 0.914 bits per heavy atom. The first-order valence-corrected chi connectivity index (χ1v) is 13.2. The van der Waals surface area contributed by atoms with E-state index in [9.17, 15) is 20.4 Å². The van der Waals surface area contributed by atoms with Gasteiger partial charge in [0.15, 0.2) is 0 Å². The molecule has 2 rings (SSSR count). The Morgan fingerprint density at radius 2 is 1.37 bits per heavy atom. The van der Waals surface area contributed by atoms with E-state index in [1.54, 1.807) is 30.3 Å². The van der Waals surface area contributed by atoms with Crippen molar-refractivity contribution in [3.63, 3.8) is 0 Å². The Kier molecular flexibility index (Phi) is 15.4. The standard InChI is InChI=1S/C13H18O6.C10H13.Na.H3O4P/c14-7-10(16)12(18)13(19)11(17)9(15)6-8-4-2-1-3-5-8;1-10(2,3)9-7-5-4-6-8-9;;1-5(2,3)4/h1-6,10-19H,7H2;5-8H,1-3H3;;(H3,1,2,3,4). The molecule has 0 aliphatic heterocycles. The van der Waals surface area contributed by atoms with Crippen LogP contribution in [0.25, 0.3) is 6.08 Å². The van der Waals surface area contributed by atoms with E-state index in [1.807, 2.05) is 0 Å². The summed E-state index contributed by atoms with van der Waals surface area (Å²) in [5.74, 6) is -0.553. The fourth-order valence-electron chi connectivity index (χ4n) is 2.56. The van der Waals surface area contributed by atoms with E-state index in [0.717, 1.165) is 27.9 Å². The molecule has 0 aliphatic carbocycles. The summed E-state index contributed by atoms with van der Waals surface area (Å²) in [5, 5.41) is 56.0.